The number of alkyl halides is 3. The highest BCUT2D eigenvalue weighted by Gasteiger charge is 2.50. The Morgan fingerprint density at radius 2 is 1.80 bits per heavy atom. The molecule has 3 aromatic rings. The van der Waals surface area contributed by atoms with Gasteiger partial charge in [-0.05, 0) is 48.4 Å². The Morgan fingerprint density at radius 1 is 1.06 bits per heavy atom. The van der Waals surface area contributed by atoms with Gasteiger partial charge in [0.05, 0.1) is 30.8 Å². The topological polar surface area (TPSA) is 71.8 Å². The number of anilines is 2. The number of rotatable bonds is 3. The molecule has 0 bridgehead atoms. The minimum absolute atomic E-state index is 0.0346. The van der Waals surface area contributed by atoms with Gasteiger partial charge in [-0.3, -0.25) is 14.5 Å². The van der Waals surface area contributed by atoms with E-state index < -0.39 is 18.1 Å². The van der Waals surface area contributed by atoms with E-state index in [-0.39, 0.29) is 29.4 Å². The number of amides is 1. The molecule has 1 aliphatic carbocycles. The molecule has 2 atom stereocenters. The number of hydrogen-bond donors (Lipinski definition) is 1. The molecule has 0 fully saturated rings. The summed E-state index contributed by atoms with van der Waals surface area (Å²) in [6, 6.07) is 14.8. The molecule has 0 saturated heterocycles. The van der Waals surface area contributed by atoms with Crippen LogP contribution >= 0.6 is 0 Å². The molecule has 6 nitrogen and oxygen atoms in total. The van der Waals surface area contributed by atoms with Crippen molar-refractivity contribution in [3.05, 3.63) is 89.5 Å². The molecule has 35 heavy (non-hydrogen) atoms. The molecule has 9 heteroatoms. The number of ether oxygens (including phenoxy) is 1. The quantitative estimate of drug-likeness (QED) is 0.515. The third-order valence-corrected chi connectivity index (χ3v) is 6.33. The number of allylic oxidation sites excluding steroid dienone is 1. The monoisotopic (exact) mass is 482 g/mol. The molecule has 0 spiro atoms. The highest BCUT2D eigenvalue weighted by Crippen LogP contribution is 2.48. The summed E-state index contributed by atoms with van der Waals surface area (Å²) < 4.78 is 52.4. The first-order valence-corrected chi connectivity index (χ1v) is 11.0. The second-order valence-corrected chi connectivity index (χ2v) is 8.43. The van der Waals surface area contributed by atoms with Crippen LogP contribution in [0.15, 0.2) is 82.6 Å². The van der Waals surface area contributed by atoms with Crippen molar-refractivity contribution >= 4 is 23.1 Å². The minimum Gasteiger partial charge on any atom is -0.497 e. The van der Waals surface area contributed by atoms with Crippen molar-refractivity contribution in [2.75, 3.05) is 17.3 Å². The molecule has 1 aromatic heterocycles. The van der Waals surface area contributed by atoms with E-state index in [0.717, 1.165) is 0 Å². The predicted octanol–water partition coefficient (Wildman–Crippen LogP) is 5.75. The number of carbonyl (C=O) groups excluding carboxylic acids is 2. The summed E-state index contributed by atoms with van der Waals surface area (Å²) >= 11 is 0. The minimum atomic E-state index is -5.16. The molecule has 2 aromatic carbocycles. The Kier molecular flexibility index (Phi) is 5.62. The van der Waals surface area contributed by atoms with E-state index in [1.54, 1.807) is 54.6 Å². The zero-order chi connectivity index (χ0) is 24.7. The Balaban J connectivity index is 1.74. The summed E-state index contributed by atoms with van der Waals surface area (Å²) in [6.07, 6.45) is -3.25. The molecule has 0 saturated carbocycles. The number of carbonyl (C=O) groups is 2. The number of nitrogens with zero attached hydrogens (tertiary/aromatic N) is 1. The van der Waals surface area contributed by atoms with Crippen LogP contribution in [0.1, 0.15) is 36.1 Å². The van der Waals surface area contributed by atoms with E-state index in [9.17, 15) is 22.8 Å². The van der Waals surface area contributed by atoms with E-state index in [1.807, 2.05) is 0 Å². The largest absolute Gasteiger partial charge is 0.497 e. The van der Waals surface area contributed by atoms with Gasteiger partial charge in [0.15, 0.2) is 5.78 Å². The summed E-state index contributed by atoms with van der Waals surface area (Å²) in [6.45, 7) is 0. The molecule has 1 amide bonds. The molecule has 5 rings (SSSR count). The van der Waals surface area contributed by atoms with Crippen molar-refractivity contribution in [1.82, 2.24) is 0 Å². The van der Waals surface area contributed by atoms with Crippen molar-refractivity contribution in [1.29, 1.82) is 0 Å². The lowest BCUT2D eigenvalue weighted by Gasteiger charge is -2.35. The SMILES string of the molecule is COc1ccc([C@H]2C3=C(C[C@@H](c4ccco4)CC3=O)Nc3ccccc3N2C(=O)C(F)(F)F)cc1. The Morgan fingerprint density at radius 3 is 2.46 bits per heavy atom. The number of methoxy groups -OCH3 is 1. The van der Waals surface area contributed by atoms with Gasteiger partial charge in [-0.25, -0.2) is 0 Å². The number of halogens is 3. The van der Waals surface area contributed by atoms with Gasteiger partial charge in [0.25, 0.3) is 0 Å². The van der Waals surface area contributed by atoms with E-state index in [1.165, 1.54) is 19.4 Å². The third-order valence-electron chi connectivity index (χ3n) is 6.33. The summed E-state index contributed by atoms with van der Waals surface area (Å²) in [5.41, 5.74) is 1.30. The number of Topliss-reactive ketones (excluding diaryl/α,β-unsaturated/α-hetero) is 1. The number of ketones is 1. The lowest BCUT2D eigenvalue weighted by Crippen LogP contribution is -2.45. The maximum Gasteiger partial charge on any atom is 0.471 e. The van der Waals surface area contributed by atoms with Crippen LogP contribution in [0, 0.1) is 0 Å². The fourth-order valence-corrected chi connectivity index (χ4v) is 4.78. The lowest BCUT2D eigenvalue weighted by molar-refractivity contribution is -0.170. The normalized spacial score (nSPS) is 20.0. The molecule has 2 aliphatic rings. The van der Waals surface area contributed by atoms with Gasteiger partial charge in [-0.1, -0.05) is 24.3 Å². The summed E-state index contributed by atoms with van der Waals surface area (Å²) in [4.78, 5) is 27.1. The summed E-state index contributed by atoms with van der Waals surface area (Å²) in [5, 5.41) is 3.17. The smallest absolute Gasteiger partial charge is 0.471 e. The zero-order valence-corrected chi connectivity index (χ0v) is 18.6. The molecule has 180 valence electrons. The molecule has 1 aliphatic heterocycles. The second-order valence-electron chi connectivity index (χ2n) is 8.43. The van der Waals surface area contributed by atoms with Crippen molar-refractivity contribution in [2.45, 2.75) is 31.0 Å². The first-order valence-electron chi connectivity index (χ1n) is 11.0. The zero-order valence-electron chi connectivity index (χ0n) is 18.6. The second kappa shape index (κ2) is 8.65. The van der Waals surface area contributed by atoms with Crippen LogP contribution in [0.3, 0.4) is 0 Å². The molecular weight excluding hydrogens is 461 g/mol. The van der Waals surface area contributed by atoms with Crippen molar-refractivity contribution in [3.63, 3.8) is 0 Å². The third kappa shape index (κ3) is 4.07. The van der Waals surface area contributed by atoms with Gasteiger partial charge in [0, 0.05) is 23.6 Å². The highest BCUT2D eigenvalue weighted by atomic mass is 19.4. The molecule has 1 N–H and O–H groups in total. The predicted molar refractivity (Wildman–Crippen MR) is 122 cm³/mol. The van der Waals surface area contributed by atoms with Crippen LogP contribution in [0.5, 0.6) is 5.75 Å². The van der Waals surface area contributed by atoms with Gasteiger partial charge < -0.3 is 14.5 Å². The standard InChI is InChI=1S/C26H21F3N2O4/c1-34-17-10-8-15(9-11-17)24-23-19(13-16(14-21(23)32)22-7-4-12-35-22)30-18-5-2-3-6-20(18)31(24)25(33)26(27,28)29/h2-12,16,24,30H,13-14H2,1H3/t16-,24+/m1/s1. The fraction of sp³-hybridized carbons (Fsp3) is 0.231. The van der Waals surface area contributed by atoms with Gasteiger partial charge in [-0.2, -0.15) is 13.2 Å². The molecule has 2 heterocycles. The van der Waals surface area contributed by atoms with Crippen molar-refractivity contribution in [2.24, 2.45) is 0 Å². The van der Waals surface area contributed by atoms with Crippen molar-refractivity contribution in [3.8, 4) is 5.75 Å². The number of furan rings is 1. The number of nitrogens with one attached hydrogen (secondary N) is 1. The Bertz CT molecular complexity index is 1300. The average Bonchev–Trinajstić information content (AvgIpc) is 3.33. The van der Waals surface area contributed by atoms with E-state index in [4.69, 9.17) is 9.15 Å². The van der Waals surface area contributed by atoms with Gasteiger partial charge in [-0.15, -0.1) is 0 Å². The average molecular weight is 482 g/mol. The maximum absolute atomic E-state index is 13.9. The molecule has 0 radical (unpaired) electrons. The number of benzene rings is 2. The fourth-order valence-electron chi connectivity index (χ4n) is 4.78. The van der Waals surface area contributed by atoms with E-state index >= 15 is 0 Å². The summed E-state index contributed by atoms with van der Waals surface area (Å²) in [7, 11) is 1.47. The molecular formula is C26H21F3N2O4. The highest BCUT2D eigenvalue weighted by molar-refractivity contribution is 6.07. The molecule has 0 unspecified atom stereocenters. The van der Waals surface area contributed by atoms with Crippen LogP contribution in [0.4, 0.5) is 24.5 Å². The van der Waals surface area contributed by atoms with Crippen LogP contribution in [-0.4, -0.2) is 25.0 Å². The number of hydrogen-bond acceptors (Lipinski definition) is 5. The van der Waals surface area contributed by atoms with E-state index in [2.05, 4.69) is 5.32 Å². The summed E-state index contributed by atoms with van der Waals surface area (Å²) in [5.74, 6) is -1.57. The Labute approximate surface area is 199 Å². The van der Waals surface area contributed by atoms with Crippen LogP contribution in [0.25, 0.3) is 0 Å². The van der Waals surface area contributed by atoms with Crippen LogP contribution in [0.2, 0.25) is 0 Å². The van der Waals surface area contributed by atoms with E-state index in [0.29, 0.717) is 39.8 Å². The van der Waals surface area contributed by atoms with Crippen molar-refractivity contribution < 1.29 is 31.9 Å². The number of fused-ring (bicyclic) bond motifs is 1. The van der Waals surface area contributed by atoms with Gasteiger partial charge >= 0.3 is 12.1 Å². The van der Waals surface area contributed by atoms with Gasteiger partial charge in [0.2, 0.25) is 0 Å². The van der Waals surface area contributed by atoms with Crippen LogP contribution < -0.4 is 15.0 Å². The first-order chi connectivity index (χ1) is 16.8. The maximum atomic E-state index is 13.9. The first kappa shape index (κ1) is 22.8. The lowest BCUT2D eigenvalue weighted by atomic mass is 9.80. The van der Waals surface area contributed by atoms with Crippen LogP contribution in [-0.2, 0) is 9.59 Å². The number of para-hydroxylation sites is 2. The Hall–Kier alpha value is -4.01. The van der Waals surface area contributed by atoms with Gasteiger partial charge in [0.1, 0.15) is 11.5 Å².